The molecule has 482 valence electrons. The van der Waals surface area contributed by atoms with Crippen LogP contribution >= 0.6 is 23.2 Å². The summed E-state index contributed by atoms with van der Waals surface area (Å²) in [5, 5.41) is 45.3. The number of ether oxygens (including phenoxy) is 3. The number of guanidine groups is 1. The molecule has 31 heteroatoms. The molecule has 2 aromatic carbocycles. The Hall–Kier alpha value is -8.19. The van der Waals surface area contributed by atoms with E-state index in [1.807, 2.05) is 19.9 Å². The number of carboxylic acids is 3. The second-order valence-corrected chi connectivity index (χ2v) is 23.1. The average molecular weight is 1280 g/mol. The number of benzene rings is 2. The van der Waals surface area contributed by atoms with E-state index in [1.165, 1.54) is 13.3 Å². The smallest absolute Gasteiger partial charge is 0.317 e. The van der Waals surface area contributed by atoms with Gasteiger partial charge >= 0.3 is 17.9 Å². The molecular formula is C58H77Cl2N15O14. The molecule has 89 heavy (non-hydrogen) atoms. The lowest BCUT2D eigenvalue weighted by atomic mass is 9.95. The number of morpholine rings is 1. The van der Waals surface area contributed by atoms with Crippen LogP contribution in [0.4, 0.5) is 5.69 Å². The highest BCUT2D eigenvalue weighted by atomic mass is 35.5. The number of aromatic nitrogens is 3. The molecule has 0 unspecified atom stereocenters. The summed E-state index contributed by atoms with van der Waals surface area (Å²) in [5.41, 5.74) is 14.3. The van der Waals surface area contributed by atoms with Crippen LogP contribution < -0.4 is 42.2 Å². The van der Waals surface area contributed by atoms with E-state index >= 15 is 0 Å². The van der Waals surface area contributed by atoms with E-state index in [1.54, 1.807) is 65.7 Å². The Morgan fingerprint density at radius 1 is 0.730 bits per heavy atom. The topological polar surface area (TPSA) is 384 Å². The Morgan fingerprint density at radius 3 is 1.93 bits per heavy atom. The van der Waals surface area contributed by atoms with Crippen molar-refractivity contribution in [2.24, 2.45) is 16.5 Å². The standard InChI is InChI=1S/C58H77Cl2N15O14/c1-58(2)35-88-21-20-74(58)56(86)53-43-34-89-46-27-45(87-3)41(26-42(46)54(43)75(69-53)40-24-37(59)23-38(60)25-40)36-22-39(29-63-28-36)67-47(76)7-5-9-65-55(85)44(6-4-10-66-57(61)62)68-48(77)8-11-64-49(78)30-70-12-14-71(31-50(79)80)16-18-73(33-52(83)84)19-17-72(15-13-70)32-51(81)82/h22-29,44H,4-21,30-35H2,1-3H3,(H,64,78)(H,65,85)(H,67,76)(H,68,77)(H,79,80)(H,81,82)(H,83,84)(H4,61,62,66)/t44-/m1/s1. The zero-order valence-electron chi connectivity index (χ0n) is 49.9. The van der Waals surface area contributed by atoms with Crippen LogP contribution in [0.2, 0.25) is 10.0 Å². The summed E-state index contributed by atoms with van der Waals surface area (Å²) in [6.07, 6.45) is 3.55. The van der Waals surface area contributed by atoms with Crippen molar-refractivity contribution in [1.82, 2.24) is 55.2 Å². The summed E-state index contributed by atoms with van der Waals surface area (Å²) in [5.74, 6) is -4.69. The quantitative estimate of drug-likeness (QED) is 0.0244. The van der Waals surface area contributed by atoms with Gasteiger partial charge in [-0.3, -0.25) is 67.9 Å². The van der Waals surface area contributed by atoms with Crippen molar-refractivity contribution < 1.29 is 67.9 Å². The first-order chi connectivity index (χ1) is 42.5. The molecule has 5 heterocycles. The van der Waals surface area contributed by atoms with Crippen molar-refractivity contribution in [2.75, 3.05) is 130 Å². The van der Waals surface area contributed by atoms with Gasteiger partial charge in [-0.25, -0.2) is 4.68 Å². The number of aliphatic imine (C=N–C) groups is 1. The highest BCUT2D eigenvalue weighted by Crippen LogP contribution is 2.47. The molecule has 3 aliphatic heterocycles. The first kappa shape index (κ1) is 68.3. The first-order valence-electron chi connectivity index (χ1n) is 29.0. The second-order valence-electron chi connectivity index (χ2n) is 22.2. The average Bonchev–Trinajstić information content (AvgIpc) is 1.65. The van der Waals surface area contributed by atoms with E-state index in [0.717, 1.165) is 0 Å². The molecule has 1 atom stereocenters. The van der Waals surface area contributed by atoms with E-state index in [-0.39, 0.29) is 154 Å². The Bertz CT molecular complexity index is 3200. The minimum atomic E-state index is -1.08. The molecule has 2 fully saturated rings. The summed E-state index contributed by atoms with van der Waals surface area (Å²) in [6.45, 7) is 5.73. The maximum absolute atomic E-state index is 14.5. The third-order valence-electron chi connectivity index (χ3n) is 15.0. The number of hydrogen-bond donors (Lipinski definition) is 9. The fourth-order valence-corrected chi connectivity index (χ4v) is 11.0. The summed E-state index contributed by atoms with van der Waals surface area (Å²) >= 11 is 13.0. The lowest BCUT2D eigenvalue weighted by Crippen LogP contribution is -2.55. The van der Waals surface area contributed by atoms with Crippen LogP contribution in [0, 0.1) is 0 Å². The van der Waals surface area contributed by atoms with Crippen LogP contribution in [-0.4, -0.2) is 245 Å². The maximum Gasteiger partial charge on any atom is 0.317 e. The van der Waals surface area contributed by atoms with Gasteiger partial charge in [-0.05, 0) is 63.4 Å². The number of rotatable bonds is 26. The lowest BCUT2D eigenvalue weighted by Gasteiger charge is -2.41. The molecule has 0 radical (unpaired) electrons. The third-order valence-corrected chi connectivity index (χ3v) is 15.4. The number of aliphatic carboxylic acids is 3. The molecule has 5 amide bonds. The van der Waals surface area contributed by atoms with Crippen LogP contribution in [0.5, 0.6) is 11.5 Å². The van der Waals surface area contributed by atoms with Gasteiger partial charge in [0.1, 0.15) is 24.1 Å². The van der Waals surface area contributed by atoms with Gasteiger partial charge in [-0.1, -0.05) is 23.2 Å². The van der Waals surface area contributed by atoms with Gasteiger partial charge in [0.15, 0.2) is 11.7 Å². The minimum Gasteiger partial charge on any atom is -0.496 e. The SMILES string of the molecule is COc1cc2c(cc1-c1cncc(NC(=O)CCCNC(=O)[C@@H](CCCN=C(N)N)NC(=O)CCNC(=O)CN3CCN(CC(=O)O)CCN(CC(=O)O)CCN(CC(=O)O)CC3)c1)-c1c(c(C(=O)N3CCOCC3(C)C)nn1-c1cc(Cl)cc(Cl)c1)CO2. The van der Waals surface area contributed by atoms with Crippen molar-refractivity contribution in [2.45, 2.75) is 64.1 Å². The number of nitrogens with two attached hydrogens (primary N) is 2. The third kappa shape index (κ3) is 20.2. The fourth-order valence-electron chi connectivity index (χ4n) is 10.5. The molecule has 4 aromatic rings. The van der Waals surface area contributed by atoms with Crippen molar-refractivity contribution >= 4 is 82.3 Å². The molecule has 2 aromatic heterocycles. The second kappa shape index (κ2) is 32.3. The number of pyridine rings is 1. The van der Waals surface area contributed by atoms with Crippen LogP contribution in [0.15, 0.2) is 53.8 Å². The molecule has 29 nitrogen and oxygen atoms in total. The Labute approximate surface area is 523 Å². The Kier molecular flexibility index (Phi) is 24.8. The van der Waals surface area contributed by atoms with Gasteiger partial charge in [0.05, 0.1) is 75.3 Å². The highest BCUT2D eigenvalue weighted by molar-refractivity contribution is 6.35. The summed E-state index contributed by atoms with van der Waals surface area (Å²) < 4.78 is 19.5. The van der Waals surface area contributed by atoms with E-state index in [9.17, 15) is 53.7 Å². The number of amides is 5. The number of carbonyl (C=O) groups is 8. The number of anilines is 1. The van der Waals surface area contributed by atoms with E-state index in [0.29, 0.717) is 87.0 Å². The van der Waals surface area contributed by atoms with Crippen molar-refractivity contribution in [3.8, 4) is 39.6 Å². The van der Waals surface area contributed by atoms with E-state index in [4.69, 9.17) is 54.0 Å². The van der Waals surface area contributed by atoms with Crippen LogP contribution in [0.1, 0.15) is 62.0 Å². The van der Waals surface area contributed by atoms with Gasteiger partial charge in [-0.2, -0.15) is 5.10 Å². The van der Waals surface area contributed by atoms with Gasteiger partial charge in [0, 0.05) is 136 Å². The van der Waals surface area contributed by atoms with Gasteiger partial charge < -0.3 is 67.2 Å². The molecule has 0 bridgehead atoms. The molecule has 0 saturated carbocycles. The Morgan fingerprint density at radius 2 is 1.35 bits per heavy atom. The van der Waals surface area contributed by atoms with Gasteiger partial charge in [0.25, 0.3) is 5.91 Å². The number of hydrogen-bond acceptors (Lipinski definition) is 18. The van der Waals surface area contributed by atoms with Gasteiger partial charge in [-0.15, -0.1) is 0 Å². The summed E-state index contributed by atoms with van der Waals surface area (Å²) in [4.78, 5) is 120. The van der Waals surface area contributed by atoms with Gasteiger partial charge in [0.2, 0.25) is 23.6 Å². The number of carbonyl (C=O) groups excluding carboxylic acids is 5. The van der Waals surface area contributed by atoms with Crippen LogP contribution in [0.25, 0.3) is 28.1 Å². The van der Waals surface area contributed by atoms with Crippen molar-refractivity contribution in [3.63, 3.8) is 0 Å². The lowest BCUT2D eigenvalue weighted by molar-refractivity contribution is -0.140. The molecule has 0 spiro atoms. The molecule has 11 N–H and O–H groups in total. The first-order valence-corrected chi connectivity index (χ1v) is 29.7. The predicted octanol–water partition coefficient (Wildman–Crippen LogP) is 1.42. The molecule has 3 aliphatic rings. The number of nitrogens with one attached hydrogen (secondary N) is 4. The number of halogens is 2. The van der Waals surface area contributed by atoms with Crippen molar-refractivity contribution in [1.29, 1.82) is 0 Å². The number of nitrogens with zero attached hydrogens (tertiary/aromatic N) is 9. The number of carboxylic acid groups (broad SMARTS) is 3. The molecular weight excluding hydrogens is 1200 g/mol. The van der Waals surface area contributed by atoms with Crippen LogP contribution in [0.3, 0.4) is 0 Å². The summed E-state index contributed by atoms with van der Waals surface area (Å²) in [7, 11) is 1.52. The Balaban J connectivity index is 0.951. The van der Waals surface area contributed by atoms with E-state index in [2.05, 4.69) is 31.2 Å². The van der Waals surface area contributed by atoms with E-state index < -0.39 is 47.2 Å². The number of methoxy groups -OCH3 is 1. The maximum atomic E-state index is 14.5. The number of fused-ring (bicyclic) bond motifs is 3. The molecule has 7 rings (SSSR count). The highest BCUT2D eigenvalue weighted by Gasteiger charge is 2.40. The molecule has 2 saturated heterocycles. The zero-order chi connectivity index (χ0) is 64.4. The summed E-state index contributed by atoms with van der Waals surface area (Å²) in [6, 6.07) is 9.28. The largest absolute Gasteiger partial charge is 0.496 e. The van der Waals surface area contributed by atoms with Crippen molar-refractivity contribution in [3.05, 3.63) is 70.1 Å². The zero-order valence-corrected chi connectivity index (χ0v) is 51.4. The van der Waals surface area contributed by atoms with Crippen LogP contribution in [-0.2, 0) is 44.9 Å². The monoisotopic (exact) mass is 1280 g/mol. The minimum absolute atomic E-state index is 0.0137. The molecule has 0 aliphatic carbocycles. The fraction of sp³-hybridized carbons (Fsp3) is 0.500. The normalized spacial score (nSPS) is 16.2. The predicted molar refractivity (Wildman–Crippen MR) is 328 cm³/mol.